The summed E-state index contributed by atoms with van der Waals surface area (Å²) in [5, 5.41) is 6.44. The monoisotopic (exact) mass is 1170 g/mol. The van der Waals surface area contributed by atoms with Crippen molar-refractivity contribution in [3.05, 3.63) is 199 Å². The van der Waals surface area contributed by atoms with Crippen molar-refractivity contribution < 1.29 is 9.47 Å². The Kier molecular flexibility index (Phi) is 10.8. The van der Waals surface area contributed by atoms with Crippen molar-refractivity contribution >= 4 is 192 Å². The van der Waals surface area contributed by atoms with Gasteiger partial charge in [-0.2, -0.15) is 0 Å². The third-order valence-electron chi connectivity index (χ3n) is 18.5. The second-order valence-electron chi connectivity index (χ2n) is 22.8. The lowest BCUT2D eigenvalue weighted by atomic mass is 9.30. The van der Waals surface area contributed by atoms with Gasteiger partial charge in [0.25, 0.3) is 20.1 Å². The van der Waals surface area contributed by atoms with Crippen molar-refractivity contribution in [1.82, 2.24) is 0 Å². The molecule has 0 bridgehead atoms. The standard InChI is InChI=1S/C70H49B3N4O2S5/c1-37-17-7-10-20-43(37)40-27-53-64-60(31-40)78-67-46-23-13-15-25-62(46)83-69(67)72(64)48-33-49-54(35-52(48)74-53)75(80-4)57-28-41(44-21-11-8-18-38(44)2)29-58-65(57)71(49)50-34-51-56(36-55(50)76(58)81-5)77(82-6)59-30-42(45-22-12-9-19-39(45)3)32-61-66(59)73(51)70-68(79-61)47-24-14-16-26-63(47)84-70/h7-36,74H,1-6H3. The topological polar surface area (TPSA) is 40.2 Å². The van der Waals surface area contributed by atoms with Gasteiger partial charge in [0.05, 0.1) is 17.1 Å². The number of anilines is 8. The molecular formula is C70H49B3N4O2S5. The Hall–Kier alpha value is -7.84. The van der Waals surface area contributed by atoms with Gasteiger partial charge in [-0.3, -0.25) is 12.9 Å². The molecule has 0 radical (unpaired) electrons. The van der Waals surface area contributed by atoms with Crippen LogP contribution in [0, 0.1) is 20.8 Å². The summed E-state index contributed by atoms with van der Waals surface area (Å²) in [5.74, 6) is 3.79. The van der Waals surface area contributed by atoms with E-state index in [2.05, 4.69) is 240 Å². The molecular weight excluding hydrogens is 1120 g/mol. The lowest BCUT2D eigenvalue weighted by Crippen LogP contribution is -2.65. The van der Waals surface area contributed by atoms with E-state index < -0.39 is 0 Å². The Labute approximate surface area is 510 Å². The molecule has 0 spiro atoms. The van der Waals surface area contributed by atoms with Gasteiger partial charge in [0, 0.05) is 76.9 Å². The zero-order valence-corrected chi connectivity index (χ0v) is 50.8. The molecule has 10 aromatic carbocycles. The predicted octanol–water partition coefficient (Wildman–Crippen LogP) is 14.0. The van der Waals surface area contributed by atoms with E-state index in [1.54, 1.807) is 35.8 Å². The minimum absolute atomic E-state index is 0.0619. The molecule has 0 unspecified atom stereocenters. The molecule has 12 aromatic rings. The van der Waals surface area contributed by atoms with Crippen molar-refractivity contribution in [3.63, 3.8) is 0 Å². The molecule has 2 aromatic heterocycles. The van der Waals surface area contributed by atoms with Crippen molar-refractivity contribution in [1.29, 1.82) is 0 Å². The number of nitrogens with zero attached hydrogens (tertiary/aromatic N) is 3. The summed E-state index contributed by atoms with van der Waals surface area (Å²) in [6.07, 6.45) is 6.72. The van der Waals surface area contributed by atoms with Crippen LogP contribution in [0.5, 0.6) is 23.0 Å². The number of benzene rings is 10. The summed E-state index contributed by atoms with van der Waals surface area (Å²) < 4.78 is 27.1. The minimum atomic E-state index is -0.118. The Balaban J connectivity index is 0.914. The number of aryl methyl sites for hydroxylation is 3. The first-order valence-electron chi connectivity index (χ1n) is 28.5. The van der Waals surface area contributed by atoms with Gasteiger partial charge in [-0.1, -0.05) is 109 Å². The number of ether oxygens (including phenoxy) is 2. The van der Waals surface area contributed by atoms with Crippen LogP contribution in [0.3, 0.4) is 0 Å². The highest BCUT2D eigenvalue weighted by Gasteiger charge is 2.50. The van der Waals surface area contributed by atoms with E-state index in [9.17, 15) is 0 Å². The lowest BCUT2D eigenvalue weighted by molar-refractivity contribution is 0.495. The van der Waals surface area contributed by atoms with Crippen LogP contribution in [0.4, 0.5) is 45.5 Å². The molecule has 0 aliphatic carbocycles. The second kappa shape index (κ2) is 18.3. The van der Waals surface area contributed by atoms with E-state index in [-0.39, 0.29) is 20.1 Å². The fourth-order valence-corrected chi connectivity index (χ4v) is 19.5. The number of fused-ring (bicyclic) bond motifs is 16. The fraction of sp³-hybridized carbons (Fsp3) is 0.0857. The Morgan fingerprint density at radius 1 is 0.381 bits per heavy atom. The van der Waals surface area contributed by atoms with Crippen LogP contribution in [0.2, 0.25) is 0 Å². The molecule has 18 rings (SSSR count). The molecule has 0 saturated heterocycles. The number of nitrogens with one attached hydrogen (secondary N) is 1. The third kappa shape index (κ3) is 6.83. The molecule has 0 atom stereocenters. The molecule has 6 aliphatic heterocycles. The predicted molar refractivity (Wildman–Crippen MR) is 371 cm³/mol. The molecule has 14 heteroatoms. The maximum Gasteiger partial charge on any atom is 0.268 e. The van der Waals surface area contributed by atoms with Crippen molar-refractivity contribution in [2.45, 2.75) is 20.8 Å². The molecule has 1 N–H and O–H groups in total. The quantitative estimate of drug-likeness (QED) is 0.130. The van der Waals surface area contributed by atoms with E-state index >= 15 is 0 Å². The average molecular weight is 1170 g/mol. The van der Waals surface area contributed by atoms with Gasteiger partial charge >= 0.3 is 0 Å². The SMILES string of the molecule is CSN1c2cc3c(cc2B2c4sc5ccccc5c4Oc4cc(-c5ccccc5C)cc1c42)B1c2cc4c(cc2N(SC)c2cc(-c5ccccc5C)cc(c21)N3SC)Nc1cc(-c2ccccc2C)cc2c1B4c1sc3ccccc3c1O2. The number of hydrogen-bond acceptors (Lipinski definition) is 11. The Morgan fingerprint density at radius 3 is 1.32 bits per heavy atom. The lowest BCUT2D eigenvalue weighted by Gasteiger charge is -2.45. The maximum absolute atomic E-state index is 7.31. The normalized spacial score (nSPS) is 14.1. The first-order chi connectivity index (χ1) is 41.2. The average Bonchev–Trinajstić information content (AvgIpc) is 2.37. The smallest absolute Gasteiger partial charge is 0.268 e. The summed E-state index contributed by atoms with van der Waals surface area (Å²) in [7, 11) is 0. The van der Waals surface area contributed by atoms with E-state index in [1.165, 1.54) is 130 Å². The maximum atomic E-state index is 7.31. The third-order valence-corrected chi connectivity index (χ3v) is 23.2. The molecule has 8 heterocycles. The van der Waals surface area contributed by atoms with Gasteiger partial charge in [-0.25, -0.2) is 0 Å². The van der Waals surface area contributed by atoms with Gasteiger partial charge in [0.1, 0.15) is 23.0 Å². The van der Waals surface area contributed by atoms with Gasteiger partial charge in [0.15, 0.2) is 0 Å². The van der Waals surface area contributed by atoms with Crippen molar-refractivity contribution in [2.75, 3.05) is 37.0 Å². The minimum Gasteiger partial charge on any atom is -0.457 e. The molecule has 6 aliphatic rings. The van der Waals surface area contributed by atoms with Crippen molar-refractivity contribution in [2.24, 2.45) is 0 Å². The van der Waals surface area contributed by atoms with Gasteiger partial charge in [-0.15, -0.1) is 22.7 Å². The Bertz CT molecular complexity index is 4920. The molecule has 0 saturated carbocycles. The summed E-state index contributed by atoms with van der Waals surface area (Å²) in [6.45, 7) is 6.41. The number of hydrogen-bond donors (Lipinski definition) is 1. The summed E-state index contributed by atoms with van der Waals surface area (Å²) in [4.78, 5) is 0. The number of thiophene rings is 2. The van der Waals surface area contributed by atoms with Crippen LogP contribution in [-0.2, 0) is 0 Å². The first kappa shape index (κ1) is 49.6. The van der Waals surface area contributed by atoms with Gasteiger partial charge in [-0.05, 0) is 218 Å². The largest absolute Gasteiger partial charge is 0.457 e. The highest BCUT2D eigenvalue weighted by molar-refractivity contribution is 8.01. The molecule has 0 fully saturated rings. The zero-order valence-electron chi connectivity index (χ0n) is 46.8. The highest BCUT2D eigenvalue weighted by atomic mass is 32.2. The van der Waals surface area contributed by atoms with Crippen LogP contribution in [0.1, 0.15) is 16.7 Å². The van der Waals surface area contributed by atoms with Crippen LogP contribution in [0.15, 0.2) is 182 Å². The fourth-order valence-electron chi connectivity index (χ4n) is 14.8. The van der Waals surface area contributed by atoms with E-state index in [4.69, 9.17) is 9.47 Å². The Morgan fingerprint density at radius 2 is 0.798 bits per heavy atom. The summed E-state index contributed by atoms with van der Waals surface area (Å²) in [5.41, 5.74) is 29.3. The van der Waals surface area contributed by atoms with Crippen LogP contribution < -0.4 is 75.5 Å². The first-order valence-corrected chi connectivity index (χ1v) is 33.7. The summed E-state index contributed by atoms with van der Waals surface area (Å²) in [6, 6.07) is 68.5. The van der Waals surface area contributed by atoms with E-state index in [0.29, 0.717) is 0 Å². The van der Waals surface area contributed by atoms with Gasteiger partial charge in [0.2, 0.25) is 0 Å². The van der Waals surface area contributed by atoms with Crippen LogP contribution in [-0.4, -0.2) is 38.9 Å². The summed E-state index contributed by atoms with van der Waals surface area (Å²) >= 11 is 9.12. The molecule has 400 valence electrons. The zero-order chi connectivity index (χ0) is 56.0. The van der Waals surface area contributed by atoms with E-state index in [1.807, 2.05) is 22.7 Å². The number of rotatable bonds is 6. The highest BCUT2D eigenvalue weighted by Crippen LogP contribution is 2.51. The van der Waals surface area contributed by atoms with Crippen LogP contribution >= 0.6 is 58.5 Å². The van der Waals surface area contributed by atoms with E-state index in [0.717, 1.165) is 56.3 Å². The second-order valence-corrected chi connectivity index (χ2v) is 27.2. The molecule has 0 amide bonds. The van der Waals surface area contributed by atoms with Gasteiger partial charge < -0.3 is 14.8 Å². The molecule has 6 nitrogen and oxygen atoms in total. The van der Waals surface area contributed by atoms with Crippen molar-refractivity contribution in [3.8, 4) is 56.4 Å². The van der Waals surface area contributed by atoms with Crippen LogP contribution in [0.25, 0.3) is 53.6 Å². The molecule has 84 heavy (non-hydrogen) atoms.